The van der Waals surface area contributed by atoms with Crippen LogP contribution >= 0.6 is 0 Å². The van der Waals surface area contributed by atoms with Gasteiger partial charge >= 0.3 is 0 Å². The number of carbonyl (C=O) groups is 3. The van der Waals surface area contributed by atoms with Crippen molar-refractivity contribution in [1.29, 1.82) is 0 Å². The fourth-order valence-corrected chi connectivity index (χ4v) is 3.58. The summed E-state index contributed by atoms with van der Waals surface area (Å²) >= 11 is 0. The van der Waals surface area contributed by atoms with E-state index in [2.05, 4.69) is 5.32 Å². The van der Waals surface area contributed by atoms with Gasteiger partial charge in [-0.2, -0.15) is 0 Å². The van der Waals surface area contributed by atoms with Gasteiger partial charge in [0.05, 0.1) is 18.7 Å². The van der Waals surface area contributed by atoms with E-state index in [1.54, 1.807) is 23.1 Å². The van der Waals surface area contributed by atoms with Crippen LogP contribution in [0.3, 0.4) is 0 Å². The molecule has 0 atom stereocenters. The van der Waals surface area contributed by atoms with Crippen molar-refractivity contribution in [1.82, 2.24) is 9.80 Å². The van der Waals surface area contributed by atoms with E-state index in [9.17, 15) is 14.4 Å². The molecule has 1 N–H and O–H groups in total. The van der Waals surface area contributed by atoms with Crippen LogP contribution < -0.4 is 10.1 Å². The van der Waals surface area contributed by atoms with E-state index in [1.807, 2.05) is 4.90 Å². The molecule has 138 valence electrons. The Kier molecular flexibility index (Phi) is 4.53. The summed E-state index contributed by atoms with van der Waals surface area (Å²) < 4.78 is 5.53. The molecule has 2 aliphatic heterocycles. The third-order valence-electron chi connectivity index (χ3n) is 5.42. The van der Waals surface area contributed by atoms with Crippen LogP contribution in [-0.4, -0.2) is 60.3 Å². The van der Waals surface area contributed by atoms with Crippen molar-refractivity contribution < 1.29 is 19.1 Å². The number of fused-ring (bicyclic) bond motifs is 1. The second kappa shape index (κ2) is 6.97. The lowest BCUT2D eigenvalue weighted by Gasteiger charge is -2.38. The molecule has 2 heterocycles. The molecule has 7 nitrogen and oxygen atoms in total. The SMILES string of the molecule is O=C1CCOc2ccc(C(=O)N3CCN(C(=O)C4CCC4)CC3)cc2N1. The van der Waals surface area contributed by atoms with Gasteiger partial charge in [-0.15, -0.1) is 0 Å². The summed E-state index contributed by atoms with van der Waals surface area (Å²) in [6.07, 6.45) is 3.45. The zero-order chi connectivity index (χ0) is 18.1. The van der Waals surface area contributed by atoms with Crippen LogP contribution in [0.2, 0.25) is 0 Å². The first-order valence-electron chi connectivity index (χ1n) is 9.26. The minimum Gasteiger partial charge on any atom is -0.491 e. The summed E-state index contributed by atoms with van der Waals surface area (Å²) in [7, 11) is 0. The lowest BCUT2D eigenvalue weighted by atomic mass is 9.84. The van der Waals surface area contributed by atoms with Gasteiger partial charge < -0.3 is 19.9 Å². The Bertz CT molecular complexity index is 736. The lowest BCUT2D eigenvalue weighted by Crippen LogP contribution is -2.52. The van der Waals surface area contributed by atoms with Gasteiger partial charge in [0.2, 0.25) is 11.8 Å². The summed E-state index contributed by atoms with van der Waals surface area (Å²) in [5, 5.41) is 2.78. The maximum absolute atomic E-state index is 12.8. The molecule has 4 rings (SSSR count). The van der Waals surface area contributed by atoms with E-state index in [0.717, 1.165) is 19.3 Å². The molecule has 26 heavy (non-hydrogen) atoms. The molecular weight excluding hydrogens is 334 g/mol. The van der Waals surface area contributed by atoms with Crippen molar-refractivity contribution in [3.05, 3.63) is 23.8 Å². The highest BCUT2D eigenvalue weighted by atomic mass is 16.5. The second-order valence-electron chi connectivity index (χ2n) is 7.10. The first-order valence-corrected chi connectivity index (χ1v) is 9.26. The number of amides is 3. The Morgan fingerprint density at radius 3 is 2.50 bits per heavy atom. The van der Waals surface area contributed by atoms with Crippen LogP contribution in [0, 0.1) is 5.92 Å². The standard InChI is InChI=1S/C19H23N3O4/c23-17-6-11-26-16-5-4-14(12-15(16)20-17)19(25)22-9-7-21(8-10-22)18(24)13-2-1-3-13/h4-5,12-13H,1-3,6-11H2,(H,20,23). The summed E-state index contributed by atoms with van der Waals surface area (Å²) in [4.78, 5) is 40.5. The maximum Gasteiger partial charge on any atom is 0.254 e. The monoisotopic (exact) mass is 357 g/mol. The fraction of sp³-hybridized carbons (Fsp3) is 0.526. The number of nitrogens with zero attached hydrogens (tertiary/aromatic N) is 2. The third-order valence-corrected chi connectivity index (χ3v) is 5.42. The van der Waals surface area contributed by atoms with Gasteiger partial charge in [-0.3, -0.25) is 14.4 Å². The quantitative estimate of drug-likeness (QED) is 0.870. The molecule has 3 amide bonds. The lowest BCUT2D eigenvalue weighted by molar-refractivity contribution is -0.139. The Morgan fingerprint density at radius 1 is 1.08 bits per heavy atom. The average Bonchev–Trinajstić information content (AvgIpc) is 2.79. The van der Waals surface area contributed by atoms with Crippen molar-refractivity contribution in [2.24, 2.45) is 5.92 Å². The Labute approximate surface area is 152 Å². The second-order valence-corrected chi connectivity index (χ2v) is 7.10. The van der Waals surface area contributed by atoms with Gasteiger partial charge in [-0.05, 0) is 31.0 Å². The van der Waals surface area contributed by atoms with Gasteiger partial charge in [0, 0.05) is 37.7 Å². The summed E-state index contributed by atoms with van der Waals surface area (Å²) in [5.74, 6) is 0.834. The van der Waals surface area contributed by atoms with Crippen LogP contribution in [0.15, 0.2) is 18.2 Å². The normalized spacial score (nSPS) is 20.4. The van der Waals surface area contributed by atoms with Gasteiger partial charge in [-0.1, -0.05) is 6.42 Å². The predicted octanol–water partition coefficient (Wildman–Crippen LogP) is 1.49. The molecule has 1 saturated heterocycles. The number of hydrogen-bond donors (Lipinski definition) is 1. The minimum absolute atomic E-state index is 0.0814. The topological polar surface area (TPSA) is 79.0 Å². The highest BCUT2D eigenvalue weighted by Crippen LogP contribution is 2.30. The molecule has 1 saturated carbocycles. The summed E-state index contributed by atoms with van der Waals surface area (Å²) in [6, 6.07) is 5.13. The van der Waals surface area contributed by atoms with Crippen LogP contribution in [-0.2, 0) is 9.59 Å². The summed E-state index contributed by atoms with van der Waals surface area (Å²) in [5.41, 5.74) is 1.06. The summed E-state index contributed by atoms with van der Waals surface area (Å²) in [6.45, 7) is 2.59. The molecule has 7 heteroatoms. The van der Waals surface area contributed by atoms with Crippen LogP contribution in [0.1, 0.15) is 36.0 Å². The molecule has 0 aromatic heterocycles. The number of piperazine rings is 1. The zero-order valence-corrected chi connectivity index (χ0v) is 14.7. The first kappa shape index (κ1) is 16.9. The number of nitrogens with one attached hydrogen (secondary N) is 1. The first-order chi connectivity index (χ1) is 12.6. The Balaban J connectivity index is 1.40. The van der Waals surface area contributed by atoms with Gasteiger partial charge in [0.15, 0.2) is 0 Å². The van der Waals surface area contributed by atoms with Crippen molar-refractivity contribution in [2.75, 3.05) is 38.1 Å². The molecule has 1 aliphatic carbocycles. The highest BCUT2D eigenvalue weighted by Gasteiger charge is 2.32. The van der Waals surface area contributed by atoms with Crippen molar-refractivity contribution in [3.8, 4) is 5.75 Å². The van der Waals surface area contributed by atoms with Gasteiger partial charge in [0.1, 0.15) is 5.75 Å². The van der Waals surface area contributed by atoms with E-state index in [0.29, 0.717) is 56.2 Å². The Morgan fingerprint density at radius 2 is 1.81 bits per heavy atom. The maximum atomic E-state index is 12.8. The third kappa shape index (κ3) is 3.25. The Hall–Kier alpha value is -2.57. The van der Waals surface area contributed by atoms with Crippen LogP contribution in [0.4, 0.5) is 5.69 Å². The molecule has 3 aliphatic rings. The average molecular weight is 357 g/mol. The van der Waals surface area contributed by atoms with Crippen molar-refractivity contribution in [2.45, 2.75) is 25.7 Å². The fourth-order valence-electron chi connectivity index (χ4n) is 3.58. The van der Waals surface area contributed by atoms with Gasteiger partial charge in [-0.25, -0.2) is 0 Å². The van der Waals surface area contributed by atoms with E-state index in [1.165, 1.54) is 0 Å². The minimum atomic E-state index is -0.114. The van der Waals surface area contributed by atoms with Crippen molar-refractivity contribution in [3.63, 3.8) is 0 Å². The van der Waals surface area contributed by atoms with Gasteiger partial charge in [0.25, 0.3) is 5.91 Å². The smallest absolute Gasteiger partial charge is 0.254 e. The van der Waals surface area contributed by atoms with Crippen molar-refractivity contribution >= 4 is 23.4 Å². The zero-order valence-electron chi connectivity index (χ0n) is 14.7. The number of ether oxygens (including phenoxy) is 1. The molecule has 0 spiro atoms. The molecule has 1 aromatic carbocycles. The number of rotatable bonds is 2. The van der Waals surface area contributed by atoms with E-state index < -0.39 is 0 Å². The van der Waals surface area contributed by atoms with E-state index >= 15 is 0 Å². The molecular formula is C19H23N3O4. The number of anilines is 1. The number of carbonyl (C=O) groups excluding carboxylic acids is 3. The molecule has 2 fully saturated rings. The number of hydrogen-bond acceptors (Lipinski definition) is 4. The molecule has 0 bridgehead atoms. The van der Waals surface area contributed by atoms with E-state index in [4.69, 9.17) is 4.74 Å². The molecule has 1 aromatic rings. The number of benzene rings is 1. The molecule has 0 radical (unpaired) electrons. The highest BCUT2D eigenvalue weighted by molar-refractivity contribution is 5.98. The molecule has 0 unspecified atom stereocenters. The predicted molar refractivity (Wildman–Crippen MR) is 95.0 cm³/mol. The van der Waals surface area contributed by atoms with E-state index in [-0.39, 0.29) is 23.6 Å². The van der Waals surface area contributed by atoms with Crippen LogP contribution in [0.25, 0.3) is 0 Å². The van der Waals surface area contributed by atoms with Crippen LogP contribution in [0.5, 0.6) is 5.75 Å². The largest absolute Gasteiger partial charge is 0.491 e.